The Morgan fingerprint density at radius 3 is 2.79 bits per heavy atom. The predicted octanol–water partition coefficient (Wildman–Crippen LogP) is 3.60. The molecular weight excluding hydrogens is 307 g/mol. The maximum atomic E-state index is 13.9. The highest BCUT2D eigenvalue weighted by Gasteiger charge is 2.13. The number of hydrogen-bond acceptors (Lipinski definition) is 2. The van der Waals surface area contributed by atoms with E-state index in [2.05, 4.69) is 16.4 Å². The van der Waals surface area contributed by atoms with Gasteiger partial charge in [0.2, 0.25) is 0 Å². The van der Waals surface area contributed by atoms with Crippen LogP contribution in [0.1, 0.15) is 21.6 Å². The fraction of sp³-hybridized carbons (Fsp3) is 0.211. The Kier molecular flexibility index (Phi) is 4.51. The first kappa shape index (κ1) is 16.1. The summed E-state index contributed by atoms with van der Waals surface area (Å²) in [6.45, 7) is 2.45. The number of hydrogen-bond donors (Lipinski definition) is 2. The number of ether oxygens (including phenoxy) is 1. The first-order chi connectivity index (χ1) is 11.6. The zero-order chi connectivity index (χ0) is 17.1. The maximum Gasteiger partial charge on any atom is 0.254 e. The Bertz CT molecular complexity index is 886. The minimum absolute atomic E-state index is 0.0199. The van der Waals surface area contributed by atoms with E-state index in [9.17, 15) is 9.18 Å². The highest BCUT2D eigenvalue weighted by atomic mass is 19.1. The van der Waals surface area contributed by atoms with E-state index in [4.69, 9.17) is 4.74 Å². The zero-order valence-corrected chi connectivity index (χ0v) is 13.7. The predicted molar refractivity (Wildman–Crippen MR) is 92.0 cm³/mol. The third kappa shape index (κ3) is 3.11. The third-order valence-corrected chi connectivity index (χ3v) is 4.11. The Morgan fingerprint density at radius 1 is 1.25 bits per heavy atom. The molecule has 0 fully saturated rings. The lowest BCUT2D eigenvalue weighted by atomic mass is 10.1. The average molecular weight is 326 g/mol. The van der Waals surface area contributed by atoms with Crippen LogP contribution >= 0.6 is 0 Å². The topological polar surface area (TPSA) is 54.1 Å². The van der Waals surface area contributed by atoms with Crippen LogP contribution in [0.15, 0.2) is 42.5 Å². The highest BCUT2D eigenvalue weighted by Crippen LogP contribution is 2.22. The van der Waals surface area contributed by atoms with Crippen LogP contribution in [0.3, 0.4) is 0 Å². The average Bonchev–Trinajstić information content (AvgIpc) is 2.90. The fourth-order valence-corrected chi connectivity index (χ4v) is 2.86. The number of nitrogens with one attached hydrogen (secondary N) is 2. The summed E-state index contributed by atoms with van der Waals surface area (Å²) < 4.78 is 18.9. The second-order valence-corrected chi connectivity index (χ2v) is 5.63. The van der Waals surface area contributed by atoms with Crippen LogP contribution in [-0.4, -0.2) is 24.5 Å². The van der Waals surface area contributed by atoms with Crippen LogP contribution in [0.4, 0.5) is 4.39 Å². The van der Waals surface area contributed by atoms with Crippen molar-refractivity contribution < 1.29 is 13.9 Å². The molecule has 3 rings (SSSR count). The molecule has 0 spiro atoms. The molecule has 0 radical (unpaired) electrons. The highest BCUT2D eigenvalue weighted by molar-refractivity contribution is 5.94. The molecule has 2 aromatic carbocycles. The normalized spacial score (nSPS) is 10.8. The largest absolute Gasteiger partial charge is 0.497 e. The number of para-hydroxylation sites is 1. The van der Waals surface area contributed by atoms with Gasteiger partial charge in [-0.2, -0.15) is 0 Å². The molecule has 0 saturated carbocycles. The van der Waals surface area contributed by atoms with Crippen LogP contribution in [0.2, 0.25) is 0 Å². The van der Waals surface area contributed by atoms with E-state index in [1.54, 1.807) is 6.07 Å². The number of carbonyl (C=O) groups is 1. The van der Waals surface area contributed by atoms with Crippen molar-refractivity contribution in [3.63, 3.8) is 0 Å². The van der Waals surface area contributed by atoms with Gasteiger partial charge >= 0.3 is 0 Å². The maximum absolute atomic E-state index is 13.9. The number of benzene rings is 2. The third-order valence-electron chi connectivity index (χ3n) is 4.11. The van der Waals surface area contributed by atoms with Crippen molar-refractivity contribution in [1.29, 1.82) is 0 Å². The Labute approximate surface area is 139 Å². The number of aromatic amines is 1. The van der Waals surface area contributed by atoms with Gasteiger partial charge in [-0.3, -0.25) is 4.79 Å². The molecule has 0 bridgehead atoms. The second kappa shape index (κ2) is 6.74. The molecule has 1 heterocycles. The van der Waals surface area contributed by atoms with Gasteiger partial charge in [0.15, 0.2) is 0 Å². The quantitative estimate of drug-likeness (QED) is 0.753. The van der Waals surface area contributed by atoms with Crippen molar-refractivity contribution in [2.45, 2.75) is 13.3 Å². The molecule has 0 aliphatic heterocycles. The Balaban J connectivity index is 1.67. The summed E-state index contributed by atoms with van der Waals surface area (Å²) in [6.07, 6.45) is 0.680. The Hall–Kier alpha value is -2.82. The summed E-state index contributed by atoms with van der Waals surface area (Å²) in [5, 5.41) is 3.93. The van der Waals surface area contributed by atoms with Gasteiger partial charge in [0.25, 0.3) is 5.91 Å². The number of rotatable bonds is 5. The van der Waals surface area contributed by atoms with Gasteiger partial charge in [0, 0.05) is 29.2 Å². The summed E-state index contributed by atoms with van der Waals surface area (Å²) in [5.74, 6) is -0.624. The summed E-state index contributed by atoms with van der Waals surface area (Å²) in [5.41, 5.74) is 3.35. The van der Waals surface area contributed by atoms with Gasteiger partial charge in [-0.15, -0.1) is 0 Å². The number of aryl methyl sites for hydroxylation is 1. The summed E-state index contributed by atoms with van der Waals surface area (Å²) >= 11 is 0. The SMILES string of the molecule is COc1ccc(C(=O)NCCc2c(C)[nH]c3ccccc23)c(F)c1. The molecule has 0 atom stereocenters. The molecule has 4 nitrogen and oxygen atoms in total. The molecular formula is C19H19FN2O2. The number of methoxy groups -OCH3 is 1. The lowest BCUT2D eigenvalue weighted by molar-refractivity contribution is 0.0950. The van der Waals surface area contributed by atoms with Crippen molar-refractivity contribution in [3.8, 4) is 5.75 Å². The molecule has 0 aliphatic rings. The van der Waals surface area contributed by atoms with Crippen LogP contribution in [0.25, 0.3) is 10.9 Å². The number of fused-ring (bicyclic) bond motifs is 1. The lowest BCUT2D eigenvalue weighted by Gasteiger charge is -2.08. The minimum atomic E-state index is -0.588. The molecule has 3 aromatic rings. The summed E-state index contributed by atoms with van der Waals surface area (Å²) in [4.78, 5) is 15.5. The van der Waals surface area contributed by atoms with Crippen molar-refractivity contribution in [2.75, 3.05) is 13.7 Å². The summed E-state index contributed by atoms with van der Waals surface area (Å²) in [6, 6.07) is 12.3. The lowest BCUT2D eigenvalue weighted by Crippen LogP contribution is -2.26. The van der Waals surface area contributed by atoms with Crippen LogP contribution in [0, 0.1) is 12.7 Å². The molecule has 0 saturated heterocycles. The first-order valence-electron chi connectivity index (χ1n) is 7.78. The Morgan fingerprint density at radius 2 is 2.04 bits per heavy atom. The van der Waals surface area contributed by atoms with Gasteiger partial charge in [-0.05, 0) is 37.1 Å². The molecule has 1 aromatic heterocycles. The van der Waals surface area contributed by atoms with Gasteiger partial charge < -0.3 is 15.0 Å². The van der Waals surface area contributed by atoms with E-state index >= 15 is 0 Å². The van der Waals surface area contributed by atoms with Gasteiger partial charge in [-0.1, -0.05) is 18.2 Å². The van der Waals surface area contributed by atoms with Crippen LogP contribution < -0.4 is 10.1 Å². The molecule has 2 N–H and O–H groups in total. The van der Waals surface area contributed by atoms with E-state index in [0.29, 0.717) is 18.7 Å². The smallest absolute Gasteiger partial charge is 0.254 e. The van der Waals surface area contributed by atoms with E-state index in [1.165, 1.54) is 24.8 Å². The van der Waals surface area contributed by atoms with E-state index in [0.717, 1.165) is 16.6 Å². The summed E-state index contributed by atoms with van der Waals surface area (Å²) in [7, 11) is 1.46. The van der Waals surface area contributed by atoms with E-state index in [1.807, 2.05) is 25.1 Å². The monoisotopic (exact) mass is 326 g/mol. The first-order valence-corrected chi connectivity index (χ1v) is 7.78. The molecule has 0 aliphatic carbocycles. The number of aromatic nitrogens is 1. The van der Waals surface area contributed by atoms with E-state index < -0.39 is 11.7 Å². The van der Waals surface area contributed by atoms with E-state index in [-0.39, 0.29) is 5.56 Å². The van der Waals surface area contributed by atoms with Crippen molar-refractivity contribution >= 4 is 16.8 Å². The molecule has 5 heteroatoms. The molecule has 1 amide bonds. The number of halogens is 1. The van der Waals surface area contributed by atoms with Gasteiger partial charge in [-0.25, -0.2) is 4.39 Å². The van der Waals surface area contributed by atoms with Crippen LogP contribution in [-0.2, 0) is 6.42 Å². The van der Waals surface area contributed by atoms with Crippen molar-refractivity contribution in [3.05, 3.63) is 65.1 Å². The second-order valence-electron chi connectivity index (χ2n) is 5.63. The minimum Gasteiger partial charge on any atom is -0.497 e. The van der Waals surface area contributed by atoms with Gasteiger partial charge in [0.05, 0.1) is 12.7 Å². The molecule has 24 heavy (non-hydrogen) atoms. The number of H-pyrrole nitrogens is 1. The van der Waals surface area contributed by atoms with Gasteiger partial charge in [0.1, 0.15) is 11.6 Å². The standard InChI is InChI=1S/C19H19FN2O2/c1-12-14(15-5-3-4-6-18(15)22-12)9-10-21-19(23)16-8-7-13(24-2)11-17(16)20/h3-8,11,22H,9-10H2,1-2H3,(H,21,23). The zero-order valence-electron chi connectivity index (χ0n) is 13.7. The van der Waals surface area contributed by atoms with Crippen molar-refractivity contribution in [1.82, 2.24) is 10.3 Å². The molecule has 124 valence electrons. The fourth-order valence-electron chi connectivity index (χ4n) is 2.86. The van der Waals surface area contributed by atoms with Crippen LogP contribution in [0.5, 0.6) is 5.75 Å². The molecule has 0 unspecified atom stereocenters. The number of amides is 1. The van der Waals surface area contributed by atoms with Crippen molar-refractivity contribution in [2.24, 2.45) is 0 Å². The number of carbonyl (C=O) groups excluding carboxylic acids is 1.